The number of aromatic nitrogens is 2. The van der Waals surface area contributed by atoms with E-state index in [1.807, 2.05) is 0 Å². The number of H-pyrrole nitrogens is 1. The van der Waals surface area contributed by atoms with Gasteiger partial charge in [-0.05, 0) is 50.2 Å². The van der Waals surface area contributed by atoms with Crippen LogP contribution in [0.5, 0.6) is 0 Å². The van der Waals surface area contributed by atoms with Crippen LogP contribution in [0.15, 0.2) is 30.6 Å². The second-order valence-electron chi connectivity index (χ2n) is 6.62. The van der Waals surface area contributed by atoms with E-state index in [4.69, 9.17) is 5.11 Å². The third-order valence-corrected chi connectivity index (χ3v) is 4.63. The first kappa shape index (κ1) is 19.6. The second-order valence-corrected chi connectivity index (χ2v) is 6.62. The van der Waals surface area contributed by atoms with Crippen molar-refractivity contribution in [1.29, 1.82) is 0 Å². The Morgan fingerprint density at radius 2 is 1.79 bits per heavy atom. The van der Waals surface area contributed by atoms with Crippen molar-refractivity contribution in [1.82, 2.24) is 20.2 Å². The first-order chi connectivity index (χ1) is 13.5. The van der Waals surface area contributed by atoms with E-state index in [-0.39, 0.29) is 22.9 Å². The minimum absolute atomic E-state index is 0.0159. The SMILES string of the molecule is O=C(O)c1ccc(NC(=O)c2nc[nH]c2C(=O)NCCN2CCCCC2)cc1. The molecule has 9 nitrogen and oxygen atoms in total. The molecule has 0 unspecified atom stereocenters. The number of benzene rings is 1. The van der Waals surface area contributed by atoms with E-state index in [0.29, 0.717) is 12.2 Å². The molecule has 2 amide bonds. The van der Waals surface area contributed by atoms with Gasteiger partial charge in [0.2, 0.25) is 0 Å². The summed E-state index contributed by atoms with van der Waals surface area (Å²) in [4.78, 5) is 44.7. The minimum atomic E-state index is -1.05. The van der Waals surface area contributed by atoms with E-state index in [0.717, 1.165) is 19.6 Å². The molecule has 1 saturated heterocycles. The molecule has 4 N–H and O–H groups in total. The summed E-state index contributed by atoms with van der Waals surface area (Å²) in [7, 11) is 0. The number of carboxylic acids is 1. The van der Waals surface area contributed by atoms with Crippen LogP contribution in [0.1, 0.15) is 50.6 Å². The quantitative estimate of drug-likeness (QED) is 0.573. The molecular formula is C19H23N5O4. The molecule has 1 aromatic heterocycles. The second kappa shape index (κ2) is 9.14. The predicted octanol–water partition coefficient (Wildman–Crippen LogP) is 1.58. The molecule has 0 spiro atoms. The number of piperidine rings is 1. The van der Waals surface area contributed by atoms with Crippen LogP contribution in [-0.2, 0) is 0 Å². The molecule has 0 bridgehead atoms. The molecule has 1 aliphatic heterocycles. The number of carbonyl (C=O) groups is 3. The molecular weight excluding hydrogens is 362 g/mol. The number of amides is 2. The van der Waals surface area contributed by atoms with Crippen LogP contribution in [0.25, 0.3) is 0 Å². The van der Waals surface area contributed by atoms with Gasteiger partial charge in [0.25, 0.3) is 11.8 Å². The van der Waals surface area contributed by atoms with Crippen LogP contribution in [0.4, 0.5) is 5.69 Å². The Bertz CT molecular complexity index is 840. The number of imidazole rings is 1. The van der Waals surface area contributed by atoms with Crippen LogP contribution in [0.3, 0.4) is 0 Å². The Kier molecular flexibility index (Phi) is 6.38. The van der Waals surface area contributed by atoms with Gasteiger partial charge in [0.15, 0.2) is 5.69 Å². The monoisotopic (exact) mass is 385 g/mol. The Morgan fingerprint density at radius 3 is 2.46 bits per heavy atom. The summed E-state index contributed by atoms with van der Waals surface area (Å²) in [6.45, 7) is 3.37. The number of nitrogens with zero attached hydrogens (tertiary/aromatic N) is 2. The summed E-state index contributed by atoms with van der Waals surface area (Å²) in [5.41, 5.74) is 0.608. The summed E-state index contributed by atoms with van der Waals surface area (Å²) < 4.78 is 0. The molecule has 3 rings (SSSR count). The van der Waals surface area contributed by atoms with Crippen molar-refractivity contribution < 1.29 is 19.5 Å². The highest BCUT2D eigenvalue weighted by Gasteiger charge is 2.20. The average Bonchev–Trinajstić information content (AvgIpc) is 3.19. The molecule has 9 heteroatoms. The molecule has 28 heavy (non-hydrogen) atoms. The summed E-state index contributed by atoms with van der Waals surface area (Å²) in [6.07, 6.45) is 4.93. The number of hydrogen-bond donors (Lipinski definition) is 4. The number of hydrogen-bond acceptors (Lipinski definition) is 5. The standard InChI is InChI=1S/C19H23N5O4/c25-17(20-8-11-24-9-2-1-3-10-24)15-16(22-12-21-15)18(26)23-14-6-4-13(5-7-14)19(27)28/h4-7,12H,1-3,8-11H2,(H,20,25)(H,21,22)(H,23,26)(H,27,28). The van der Waals surface area contributed by atoms with Gasteiger partial charge in [-0.25, -0.2) is 9.78 Å². The van der Waals surface area contributed by atoms with Gasteiger partial charge in [0.05, 0.1) is 11.9 Å². The lowest BCUT2D eigenvalue weighted by Gasteiger charge is -2.26. The highest BCUT2D eigenvalue weighted by Crippen LogP contribution is 2.12. The van der Waals surface area contributed by atoms with E-state index in [9.17, 15) is 14.4 Å². The highest BCUT2D eigenvalue weighted by molar-refractivity contribution is 6.10. The van der Waals surface area contributed by atoms with E-state index in [1.165, 1.54) is 49.9 Å². The summed E-state index contributed by atoms with van der Waals surface area (Å²) in [5, 5.41) is 14.3. The van der Waals surface area contributed by atoms with Gasteiger partial charge >= 0.3 is 5.97 Å². The maximum absolute atomic E-state index is 12.4. The minimum Gasteiger partial charge on any atom is -0.478 e. The number of rotatable bonds is 7. The summed E-state index contributed by atoms with van der Waals surface area (Å²) in [5.74, 6) is -1.99. The number of carboxylic acid groups (broad SMARTS) is 1. The Balaban J connectivity index is 1.56. The molecule has 148 valence electrons. The van der Waals surface area contributed by atoms with E-state index in [1.54, 1.807) is 0 Å². The Morgan fingerprint density at radius 1 is 1.07 bits per heavy atom. The largest absolute Gasteiger partial charge is 0.478 e. The lowest BCUT2D eigenvalue weighted by atomic mass is 10.1. The maximum atomic E-state index is 12.4. The van der Waals surface area contributed by atoms with Gasteiger partial charge in [-0.3, -0.25) is 9.59 Å². The van der Waals surface area contributed by atoms with Crippen LogP contribution < -0.4 is 10.6 Å². The van der Waals surface area contributed by atoms with E-state index >= 15 is 0 Å². The van der Waals surface area contributed by atoms with E-state index < -0.39 is 11.9 Å². The molecule has 0 aliphatic carbocycles. The van der Waals surface area contributed by atoms with Gasteiger partial charge in [-0.1, -0.05) is 6.42 Å². The smallest absolute Gasteiger partial charge is 0.335 e. The third kappa shape index (κ3) is 4.95. The summed E-state index contributed by atoms with van der Waals surface area (Å²) >= 11 is 0. The van der Waals surface area contributed by atoms with Crippen molar-refractivity contribution in [2.45, 2.75) is 19.3 Å². The van der Waals surface area contributed by atoms with E-state index in [2.05, 4.69) is 25.5 Å². The molecule has 0 saturated carbocycles. The molecule has 0 radical (unpaired) electrons. The first-order valence-electron chi connectivity index (χ1n) is 9.23. The van der Waals surface area contributed by atoms with Gasteiger partial charge < -0.3 is 25.6 Å². The van der Waals surface area contributed by atoms with Crippen molar-refractivity contribution >= 4 is 23.5 Å². The number of carbonyl (C=O) groups excluding carboxylic acids is 2. The van der Waals surface area contributed by atoms with Crippen LogP contribution in [0, 0.1) is 0 Å². The zero-order chi connectivity index (χ0) is 19.9. The fourth-order valence-electron chi connectivity index (χ4n) is 3.12. The number of aromatic carboxylic acids is 1. The Labute approximate surface area is 162 Å². The van der Waals surface area contributed by atoms with Crippen LogP contribution >= 0.6 is 0 Å². The number of anilines is 1. The number of likely N-dealkylation sites (tertiary alicyclic amines) is 1. The number of aromatic amines is 1. The maximum Gasteiger partial charge on any atom is 0.335 e. The van der Waals surface area contributed by atoms with Crippen molar-refractivity contribution in [2.24, 2.45) is 0 Å². The van der Waals surface area contributed by atoms with Gasteiger partial charge in [-0.15, -0.1) is 0 Å². The normalized spacial score (nSPS) is 14.4. The fraction of sp³-hybridized carbons (Fsp3) is 0.368. The first-order valence-corrected chi connectivity index (χ1v) is 9.23. The molecule has 2 aromatic rings. The molecule has 0 atom stereocenters. The highest BCUT2D eigenvalue weighted by atomic mass is 16.4. The molecule has 1 fully saturated rings. The van der Waals surface area contributed by atoms with Crippen LogP contribution in [-0.4, -0.2) is 63.9 Å². The van der Waals surface area contributed by atoms with Crippen molar-refractivity contribution in [2.75, 3.05) is 31.5 Å². The lowest BCUT2D eigenvalue weighted by molar-refractivity contribution is 0.0696. The van der Waals surface area contributed by atoms with Gasteiger partial charge in [-0.2, -0.15) is 0 Å². The average molecular weight is 385 g/mol. The fourth-order valence-corrected chi connectivity index (χ4v) is 3.12. The Hall–Kier alpha value is -3.20. The van der Waals surface area contributed by atoms with Crippen molar-refractivity contribution in [3.05, 3.63) is 47.5 Å². The predicted molar refractivity (Wildman–Crippen MR) is 103 cm³/mol. The zero-order valence-corrected chi connectivity index (χ0v) is 15.4. The summed E-state index contributed by atoms with van der Waals surface area (Å²) in [6, 6.07) is 5.73. The zero-order valence-electron chi connectivity index (χ0n) is 15.4. The van der Waals surface area contributed by atoms with Crippen LogP contribution in [0.2, 0.25) is 0 Å². The molecule has 1 aromatic carbocycles. The van der Waals surface area contributed by atoms with Crippen molar-refractivity contribution in [3.63, 3.8) is 0 Å². The number of nitrogens with one attached hydrogen (secondary N) is 3. The molecule has 1 aliphatic rings. The van der Waals surface area contributed by atoms with Crippen molar-refractivity contribution in [3.8, 4) is 0 Å². The van der Waals surface area contributed by atoms with Gasteiger partial charge in [0, 0.05) is 18.8 Å². The lowest BCUT2D eigenvalue weighted by Crippen LogP contribution is -2.38. The molecule has 2 heterocycles. The topological polar surface area (TPSA) is 127 Å². The van der Waals surface area contributed by atoms with Gasteiger partial charge in [0.1, 0.15) is 5.69 Å². The third-order valence-electron chi connectivity index (χ3n) is 4.63.